The molecular weight excluding hydrogens is 322 g/mol. The second-order valence-electron chi connectivity index (χ2n) is 6.19. The molecule has 1 atom stereocenters. The molecule has 0 aromatic heterocycles. The van der Waals surface area contributed by atoms with E-state index in [-0.39, 0.29) is 6.04 Å². The van der Waals surface area contributed by atoms with Crippen molar-refractivity contribution in [2.75, 3.05) is 20.3 Å². The van der Waals surface area contributed by atoms with Crippen molar-refractivity contribution >= 4 is 0 Å². The van der Waals surface area contributed by atoms with Crippen molar-refractivity contribution in [3.8, 4) is 22.6 Å². The number of ether oxygens (including phenoxy) is 2. The molecule has 0 spiro atoms. The van der Waals surface area contributed by atoms with Crippen molar-refractivity contribution in [3.63, 3.8) is 0 Å². The lowest BCUT2D eigenvalue weighted by Gasteiger charge is -2.15. The lowest BCUT2D eigenvalue weighted by molar-refractivity contribution is 0.307. The number of hydrogen-bond acceptors (Lipinski definition) is 3. The summed E-state index contributed by atoms with van der Waals surface area (Å²) < 4.78 is 11.1. The van der Waals surface area contributed by atoms with Gasteiger partial charge < -0.3 is 14.8 Å². The van der Waals surface area contributed by atoms with Crippen LogP contribution in [0.1, 0.15) is 18.5 Å². The molecule has 0 heterocycles. The predicted octanol–water partition coefficient (Wildman–Crippen LogP) is 5.09. The Bertz CT molecular complexity index is 800. The number of methoxy groups -OCH3 is 1. The van der Waals surface area contributed by atoms with E-state index in [1.807, 2.05) is 30.3 Å². The van der Waals surface area contributed by atoms with Crippen molar-refractivity contribution in [1.82, 2.24) is 5.32 Å². The van der Waals surface area contributed by atoms with Crippen LogP contribution in [0.3, 0.4) is 0 Å². The van der Waals surface area contributed by atoms with E-state index in [1.54, 1.807) is 7.11 Å². The van der Waals surface area contributed by atoms with Crippen molar-refractivity contribution < 1.29 is 9.47 Å². The first kappa shape index (κ1) is 18.0. The summed E-state index contributed by atoms with van der Waals surface area (Å²) in [6, 6.07) is 27.0. The topological polar surface area (TPSA) is 30.5 Å². The second kappa shape index (κ2) is 9.07. The van der Waals surface area contributed by atoms with Crippen LogP contribution in [0, 0.1) is 0 Å². The Morgan fingerprint density at radius 3 is 2.27 bits per heavy atom. The minimum Gasteiger partial charge on any atom is -0.497 e. The zero-order chi connectivity index (χ0) is 18.2. The van der Waals surface area contributed by atoms with Gasteiger partial charge in [-0.25, -0.2) is 0 Å². The molecule has 1 unspecified atom stereocenters. The number of hydrogen-bond donors (Lipinski definition) is 1. The molecule has 0 fully saturated rings. The van der Waals surface area contributed by atoms with E-state index >= 15 is 0 Å². The Morgan fingerprint density at radius 1 is 0.808 bits per heavy atom. The van der Waals surface area contributed by atoms with Gasteiger partial charge in [0.05, 0.1) is 7.11 Å². The van der Waals surface area contributed by atoms with Crippen LogP contribution in [-0.4, -0.2) is 20.3 Å². The summed E-state index contributed by atoms with van der Waals surface area (Å²) >= 11 is 0. The van der Waals surface area contributed by atoms with E-state index in [0.717, 1.165) is 18.0 Å². The lowest BCUT2D eigenvalue weighted by atomic mass is 10.1. The Balaban J connectivity index is 1.46. The standard InChI is InChI=1S/C23H25NO2/c1-18(21-9-6-10-23(17-21)25-2)24-15-16-26-22-13-11-20(12-14-22)19-7-4-3-5-8-19/h3-14,17-18,24H,15-16H2,1-2H3. The average molecular weight is 347 g/mol. The average Bonchev–Trinajstić information content (AvgIpc) is 2.72. The van der Waals surface area contributed by atoms with Crippen LogP contribution in [0.5, 0.6) is 11.5 Å². The molecule has 134 valence electrons. The Morgan fingerprint density at radius 2 is 1.54 bits per heavy atom. The van der Waals surface area contributed by atoms with Crippen LogP contribution in [0.25, 0.3) is 11.1 Å². The van der Waals surface area contributed by atoms with Gasteiger partial charge in [-0.05, 0) is 47.9 Å². The summed E-state index contributed by atoms with van der Waals surface area (Å²) in [7, 11) is 1.69. The number of nitrogens with one attached hydrogen (secondary N) is 1. The third-order valence-electron chi connectivity index (χ3n) is 4.38. The predicted molar refractivity (Wildman–Crippen MR) is 107 cm³/mol. The smallest absolute Gasteiger partial charge is 0.119 e. The summed E-state index contributed by atoms with van der Waals surface area (Å²) in [6.07, 6.45) is 0. The van der Waals surface area contributed by atoms with Crippen molar-refractivity contribution in [1.29, 1.82) is 0 Å². The normalized spacial score (nSPS) is 11.8. The molecule has 0 aliphatic rings. The van der Waals surface area contributed by atoms with E-state index in [1.165, 1.54) is 16.7 Å². The Labute approximate surface area is 155 Å². The SMILES string of the molecule is COc1cccc(C(C)NCCOc2ccc(-c3ccccc3)cc2)c1. The molecule has 3 nitrogen and oxygen atoms in total. The maximum atomic E-state index is 5.84. The van der Waals surface area contributed by atoms with E-state index in [4.69, 9.17) is 9.47 Å². The maximum absolute atomic E-state index is 5.84. The molecule has 0 saturated carbocycles. The highest BCUT2D eigenvalue weighted by atomic mass is 16.5. The maximum Gasteiger partial charge on any atom is 0.119 e. The van der Waals surface area contributed by atoms with Crippen molar-refractivity contribution in [2.45, 2.75) is 13.0 Å². The van der Waals surface area contributed by atoms with Gasteiger partial charge in [0.2, 0.25) is 0 Å². The largest absolute Gasteiger partial charge is 0.497 e. The molecule has 3 aromatic rings. The lowest BCUT2D eigenvalue weighted by Crippen LogP contribution is -2.24. The molecule has 0 amide bonds. The van der Waals surface area contributed by atoms with E-state index in [2.05, 4.69) is 60.8 Å². The second-order valence-corrected chi connectivity index (χ2v) is 6.19. The molecule has 26 heavy (non-hydrogen) atoms. The molecule has 0 aliphatic carbocycles. The fraction of sp³-hybridized carbons (Fsp3) is 0.217. The van der Waals surface area contributed by atoms with Crippen LogP contribution in [0.15, 0.2) is 78.9 Å². The summed E-state index contributed by atoms with van der Waals surface area (Å²) in [4.78, 5) is 0. The van der Waals surface area contributed by atoms with Crippen LogP contribution in [0.4, 0.5) is 0 Å². The molecule has 0 bridgehead atoms. The molecule has 1 N–H and O–H groups in total. The van der Waals surface area contributed by atoms with Crippen LogP contribution < -0.4 is 14.8 Å². The highest BCUT2D eigenvalue weighted by molar-refractivity contribution is 5.63. The van der Waals surface area contributed by atoms with Gasteiger partial charge in [-0.3, -0.25) is 0 Å². The zero-order valence-electron chi connectivity index (χ0n) is 15.3. The first-order valence-electron chi connectivity index (χ1n) is 8.92. The van der Waals surface area contributed by atoms with Gasteiger partial charge >= 0.3 is 0 Å². The summed E-state index contributed by atoms with van der Waals surface area (Å²) in [6.45, 7) is 3.54. The number of benzene rings is 3. The first-order chi connectivity index (χ1) is 12.8. The number of rotatable bonds is 8. The molecule has 0 radical (unpaired) electrons. The molecule has 0 saturated heterocycles. The third-order valence-corrected chi connectivity index (χ3v) is 4.38. The van der Waals surface area contributed by atoms with Gasteiger partial charge in [0.1, 0.15) is 18.1 Å². The highest BCUT2D eigenvalue weighted by Crippen LogP contribution is 2.22. The highest BCUT2D eigenvalue weighted by Gasteiger charge is 2.05. The van der Waals surface area contributed by atoms with Gasteiger partial charge in [-0.1, -0.05) is 54.6 Å². The molecule has 3 heteroatoms. The van der Waals surface area contributed by atoms with Crippen LogP contribution in [0.2, 0.25) is 0 Å². The zero-order valence-corrected chi connectivity index (χ0v) is 15.3. The van der Waals surface area contributed by atoms with E-state index in [0.29, 0.717) is 6.61 Å². The fourth-order valence-electron chi connectivity index (χ4n) is 2.85. The van der Waals surface area contributed by atoms with Crippen molar-refractivity contribution in [3.05, 3.63) is 84.4 Å². The van der Waals surface area contributed by atoms with E-state index in [9.17, 15) is 0 Å². The summed E-state index contributed by atoms with van der Waals surface area (Å²) in [5.74, 6) is 1.77. The monoisotopic (exact) mass is 347 g/mol. The van der Waals surface area contributed by atoms with Gasteiger partial charge in [0.25, 0.3) is 0 Å². The van der Waals surface area contributed by atoms with Gasteiger partial charge in [-0.2, -0.15) is 0 Å². The Hall–Kier alpha value is -2.78. The summed E-state index contributed by atoms with van der Waals surface area (Å²) in [5, 5.41) is 3.48. The van der Waals surface area contributed by atoms with Gasteiger partial charge in [0, 0.05) is 12.6 Å². The van der Waals surface area contributed by atoms with Crippen LogP contribution in [-0.2, 0) is 0 Å². The quantitative estimate of drug-likeness (QED) is 0.576. The molecule has 3 aromatic carbocycles. The fourth-order valence-corrected chi connectivity index (χ4v) is 2.85. The first-order valence-corrected chi connectivity index (χ1v) is 8.92. The minimum absolute atomic E-state index is 0.245. The molecule has 0 aliphatic heterocycles. The van der Waals surface area contributed by atoms with Gasteiger partial charge in [0.15, 0.2) is 0 Å². The third kappa shape index (κ3) is 4.87. The van der Waals surface area contributed by atoms with Crippen LogP contribution >= 0.6 is 0 Å². The summed E-state index contributed by atoms with van der Waals surface area (Å²) in [5.41, 5.74) is 3.62. The van der Waals surface area contributed by atoms with Gasteiger partial charge in [-0.15, -0.1) is 0 Å². The minimum atomic E-state index is 0.245. The van der Waals surface area contributed by atoms with Crippen molar-refractivity contribution in [2.24, 2.45) is 0 Å². The van der Waals surface area contributed by atoms with E-state index < -0.39 is 0 Å². The molecule has 3 rings (SSSR count). The molecular formula is C23H25NO2. The Kier molecular flexibility index (Phi) is 6.29.